The number of nitro groups is 1. The lowest BCUT2D eigenvalue weighted by atomic mass is 9.96. The van der Waals surface area contributed by atoms with Gasteiger partial charge in [0.15, 0.2) is 0 Å². The topological polar surface area (TPSA) is 75.4 Å². The molecule has 0 amide bonds. The number of hydrogen-bond donors (Lipinski definition) is 2. The Morgan fingerprint density at radius 2 is 1.50 bits per heavy atom. The van der Waals surface area contributed by atoms with Crippen LogP contribution in [0.15, 0.2) is 72.8 Å². The molecule has 3 aromatic rings. The van der Waals surface area contributed by atoms with Crippen LogP contribution in [0.5, 0.6) is 0 Å². The van der Waals surface area contributed by atoms with Crippen LogP contribution in [0.25, 0.3) is 0 Å². The van der Waals surface area contributed by atoms with Gasteiger partial charge in [-0.25, -0.2) is 0 Å². The summed E-state index contributed by atoms with van der Waals surface area (Å²) in [4.78, 5) is 10.6. The Kier molecular flexibility index (Phi) is 6.52. The number of aliphatic hydroxyl groups excluding tert-OH is 1. The van der Waals surface area contributed by atoms with Crippen molar-refractivity contribution in [3.05, 3.63) is 104 Å². The predicted molar refractivity (Wildman–Crippen MR) is 112 cm³/mol. The van der Waals surface area contributed by atoms with E-state index in [1.54, 1.807) is 48.5 Å². The second-order valence-electron chi connectivity index (χ2n) is 6.36. The van der Waals surface area contributed by atoms with E-state index in [2.05, 4.69) is 5.32 Å². The predicted octanol–water partition coefficient (Wildman–Crippen LogP) is 6.18. The van der Waals surface area contributed by atoms with Gasteiger partial charge in [-0.1, -0.05) is 53.5 Å². The third-order valence-electron chi connectivity index (χ3n) is 4.38. The molecule has 2 N–H and O–H groups in total. The molecule has 0 radical (unpaired) electrons. The second-order valence-corrected chi connectivity index (χ2v) is 7.23. The van der Waals surface area contributed by atoms with Gasteiger partial charge in [0.2, 0.25) is 0 Å². The van der Waals surface area contributed by atoms with E-state index in [0.29, 0.717) is 22.2 Å². The van der Waals surface area contributed by atoms with Crippen LogP contribution in [-0.4, -0.2) is 10.0 Å². The lowest BCUT2D eigenvalue weighted by molar-refractivity contribution is -0.384. The average molecular weight is 417 g/mol. The molecule has 0 saturated carbocycles. The number of hydrogen-bond acceptors (Lipinski definition) is 4. The first kappa shape index (κ1) is 20.1. The first-order valence-corrected chi connectivity index (χ1v) is 9.38. The average Bonchev–Trinajstić information content (AvgIpc) is 2.68. The summed E-state index contributed by atoms with van der Waals surface area (Å²) >= 11 is 11.9. The standard InChI is InChI=1S/C21H18Cl2N2O3/c22-16-8-4-14(5-9-16)20(13-21(26)15-6-10-17(23)11-7-15)24-18-2-1-3-19(12-18)25(27)28/h1-12,20-21,24,26H,13H2. The van der Waals surface area contributed by atoms with E-state index in [-0.39, 0.29) is 11.7 Å². The normalized spacial score (nSPS) is 13.0. The van der Waals surface area contributed by atoms with Crippen molar-refractivity contribution < 1.29 is 10.0 Å². The van der Waals surface area contributed by atoms with Crippen LogP contribution in [0.3, 0.4) is 0 Å². The number of nitrogens with zero attached hydrogens (tertiary/aromatic N) is 1. The van der Waals surface area contributed by atoms with Gasteiger partial charge in [0.05, 0.1) is 17.1 Å². The van der Waals surface area contributed by atoms with E-state index in [9.17, 15) is 15.2 Å². The van der Waals surface area contributed by atoms with Crippen LogP contribution < -0.4 is 5.32 Å². The van der Waals surface area contributed by atoms with Gasteiger partial charge in [-0.05, 0) is 41.5 Å². The summed E-state index contributed by atoms with van der Waals surface area (Å²) in [5.41, 5.74) is 2.24. The van der Waals surface area contributed by atoms with E-state index >= 15 is 0 Å². The van der Waals surface area contributed by atoms with E-state index in [1.165, 1.54) is 12.1 Å². The van der Waals surface area contributed by atoms with Crippen LogP contribution >= 0.6 is 23.2 Å². The minimum atomic E-state index is -0.746. The van der Waals surface area contributed by atoms with Crippen LogP contribution in [0, 0.1) is 10.1 Å². The number of nitro benzene ring substituents is 1. The van der Waals surface area contributed by atoms with Crippen molar-refractivity contribution in [2.45, 2.75) is 18.6 Å². The molecule has 3 aromatic carbocycles. The Balaban J connectivity index is 1.86. The van der Waals surface area contributed by atoms with Crippen molar-refractivity contribution in [3.8, 4) is 0 Å². The fraction of sp³-hybridized carbons (Fsp3) is 0.143. The Hall–Kier alpha value is -2.60. The largest absolute Gasteiger partial charge is 0.388 e. The number of non-ortho nitro benzene ring substituents is 1. The van der Waals surface area contributed by atoms with Crippen LogP contribution in [0.4, 0.5) is 11.4 Å². The number of rotatable bonds is 7. The summed E-state index contributed by atoms with van der Waals surface area (Å²) in [6.45, 7) is 0. The summed E-state index contributed by atoms with van der Waals surface area (Å²) in [6.07, 6.45) is -0.393. The minimum Gasteiger partial charge on any atom is -0.388 e. The molecule has 144 valence electrons. The molecule has 0 fully saturated rings. The molecule has 0 heterocycles. The molecule has 3 rings (SSSR count). The van der Waals surface area contributed by atoms with Gasteiger partial charge in [0.25, 0.3) is 5.69 Å². The van der Waals surface area contributed by atoms with Crippen molar-refractivity contribution in [1.82, 2.24) is 0 Å². The van der Waals surface area contributed by atoms with Gasteiger partial charge >= 0.3 is 0 Å². The summed E-state index contributed by atoms with van der Waals surface area (Å²) in [5, 5.41) is 26.2. The lowest BCUT2D eigenvalue weighted by Gasteiger charge is -2.23. The number of nitrogens with one attached hydrogen (secondary N) is 1. The summed E-state index contributed by atoms with van der Waals surface area (Å²) in [5.74, 6) is 0. The third-order valence-corrected chi connectivity index (χ3v) is 4.89. The zero-order valence-electron chi connectivity index (χ0n) is 14.8. The Bertz CT molecular complexity index is 947. The van der Waals surface area contributed by atoms with Gasteiger partial charge in [0.1, 0.15) is 0 Å². The highest BCUT2D eigenvalue weighted by atomic mass is 35.5. The molecular weight excluding hydrogens is 399 g/mol. The van der Waals surface area contributed by atoms with Crippen molar-refractivity contribution in [1.29, 1.82) is 0 Å². The second kappa shape index (κ2) is 9.06. The summed E-state index contributed by atoms with van der Waals surface area (Å²) in [6, 6.07) is 20.3. The van der Waals surface area contributed by atoms with Gasteiger partial charge < -0.3 is 10.4 Å². The molecule has 2 unspecified atom stereocenters. The van der Waals surface area contributed by atoms with Crippen molar-refractivity contribution in [3.63, 3.8) is 0 Å². The quantitative estimate of drug-likeness (QED) is 0.356. The summed E-state index contributed by atoms with van der Waals surface area (Å²) in [7, 11) is 0. The molecule has 0 aliphatic rings. The number of halogens is 2. The zero-order chi connectivity index (χ0) is 20.1. The Morgan fingerprint density at radius 1 is 0.929 bits per heavy atom. The van der Waals surface area contributed by atoms with E-state index in [0.717, 1.165) is 11.1 Å². The van der Waals surface area contributed by atoms with Crippen LogP contribution in [0.1, 0.15) is 29.7 Å². The molecule has 0 aliphatic heterocycles. The molecular formula is C21H18Cl2N2O3. The number of anilines is 1. The van der Waals surface area contributed by atoms with Crippen LogP contribution in [0.2, 0.25) is 10.0 Å². The highest BCUT2D eigenvalue weighted by molar-refractivity contribution is 6.30. The van der Waals surface area contributed by atoms with Crippen molar-refractivity contribution >= 4 is 34.6 Å². The van der Waals surface area contributed by atoms with Gasteiger partial charge in [-0.2, -0.15) is 0 Å². The molecule has 28 heavy (non-hydrogen) atoms. The molecule has 0 saturated heterocycles. The van der Waals surface area contributed by atoms with Gasteiger partial charge in [-0.3, -0.25) is 10.1 Å². The van der Waals surface area contributed by atoms with E-state index < -0.39 is 11.0 Å². The maximum atomic E-state index is 11.0. The first-order chi connectivity index (χ1) is 13.4. The van der Waals surface area contributed by atoms with Crippen molar-refractivity contribution in [2.24, 2.45) is 0 Å². The van der Waals surface area contributed by atoms with E-state index in [4.69, 9.17) is 23.2 Å². The smallest absolute Gasteiger partial charge is 0.271 e. The fourth-order valence-corrected chi connectivity index (χ4v) is 3.18. The van der Waals surface area contributed by atoms with Crippen LogP contribution in [-0.2, 0) is 0 Å². The lowest BCUT2D eigenvalue weighted by Crippen LogP contribution is -2.15. The van der Waals surface area contributed by atoms with Gasteiger partial charge in [0, 0.05) is 34.3 Å². The SMILES string of the molecule is O=[N+]([O-])c1cccc(NC(CC(O)c2ccc(Cl)cc2)c2ccc(Cl)cc2)c1. The third kappa shape index (κ3) is 5.23. The first-order valence-electron chi connectivity index (χ1n) is 8.62. The highest BCUT2D eigenvalue weighted by Crippen LogP contribution is 2.31. The zero-order valence-corrected chi connectivity index (χ0v) is 16.3. The molecule has 2 atom stereocenters. The molecule has 5 nitrogen and oxygen atoms in total. The van der Waals surface area contributed by atoms with E-state index in [1.807, 2.05) is 12.1 Å². The highest BCUT2D eigenvalue weighted by Gasteiger charge is 2.19. The maximum absolute atomic E-state index is 11.0. The Labute approximate surface area is 172 Å². The summed E-state index contributed by atoms with van der Waals surface area (Å²) < 4.78 is 0. The molecule has 0 aromatic heterocycles. The fourth-order valence-electron chi connectivity index (χ4n) is 2.93. The minimum absolute atomic E-state index is 0.00175. The molecule has 7 heteroatoms. The molecule has 0 aliphatic carbocycles. The molecule has 0 bridgehead atoms. The molecule has 0 spiro atoms. The maximum Gasteiger partial charge on any atom is 0.271 e. The number of benzene rings is 3. The van der Waals surface area contributed by atoms with Gasteiger partial charge in [-0.15, -0.1) is 0 Å². The van der Waals surface area contributed by atoms with Crippen molar-refractivity contribution in [2.75, 3.05) is 5.32 Å². The number of aliphatic hydroxyl groups is 1. The Morgan fingerprint density at radius 3 is 2.07 bits per heavy atom. The monoisotopic (exact) mass is 416 g/mol.